The lowest BCUT2D eigenvalue weighted by Gasteiger charge is -2.39. The lowest BCUT2D eigenvalue weighted by atomic mass is 9.94. The van der Waals surface area contributed by atoms with Gasteiger partial charge >= 0.3 is 0 Å². The summed E-state index contributed by atoms with van der Waals surface area (Å²) in [4.78, 5) is 19.7. The van der Waals surface area contributed by atoms with Crippen LogP contribution in [0.1, 0.15) is 36.2 Å². The number of likely N-dealkylation sites (tertiary alicyclic amines) is 1. The Morgan fingerprint density at radius 3 is 2.78 bits per heavy atom. The number of ether oxygens (including phenoxy) is 2. The van der Waals surface area contributed by atoms with Crippen molar-refractivity contribution in [2.45, 2.75) is 36.2 Å². The van der Waals surface area contributed by atoms with Gasteiger partial charge in [0, 0.05) is 6.54 Å². The van der Waals surface area contributed by atoms with Crippen molar-refractivity contribution >= 4 is 17.7 Å². The minimum atomic E-state index is -0.274. The van der Waals surface area contributed by atoms with Crippen molar-refractivity contribution in [2.75, 3.05) is 27.3 Å². The number of carbonyl (C=O) groups excluding carboxylic acids is 1. The standard InChI is InChI=1S/C19H24N4O3S/c1-12-5-4-8-22(10-12)16(13-6-7-14(25-2)15(9-13)26-3)17-18(24)23-19(27-17)20-11-21-23/h6-7,9,11-12,16-17H,4-5,8,10H2,1-3H3. The van der Waals surface area contributed by atoms with Gasteiger partial charge in [-0.05, 0) is 43.0 Å². The van der Waals surface area contributed by atoms with Gasteiger partial charge in [0.25, 0.3) is 5.91 Å². The Hall–Kier alpha value is -2.06. The summed E-state index contributed by atoms with van der Waals surface area (Å²) in [6.45, 7) is 4.22. The van der Waals surface area contributed by atoms with E-state index < -0.39 is 0 Å². The van der Waals surface area contributed by atoms with Crippen LogP contribution in [-0.4, -0.2) is 58.1 Å². The van der Waals surface area contributed by atoms with Crippen molar-refractivity contribution < 1.29 is 14.3 Å². The van der Waals surface area contributed by atoms with E-state index in [9.17, 15) is 4.79 Å². The Bertz CT molecular complexity index is 840. The van der Waals surface area contributed by atoms with E-state index in [0.29, 0.717) is 22.6 Å². The van der Waals surface area contributed by atoms with Crippen LogP contribution in [0.2, 0.25) is 0 Å². The molecule has 1 saturated heterocycles. The number of hydrogen-bond acceptors (Lipinski definition) is 7. The van der Waals surface area contributed by atoms with Gasteiger partial charge in [-0.15, -0.1) is 0 Å². The Labute approximate surface area is 163 Å². The van der Waals surface area contributed by atoms with Crippen LogP contribution in [0.4, 0.5) is 0 Å². The first-order valence-corrected chi connectivity index (χ1v) is 10.1. The predicted octanol–water partition coefficient (Wildman–Crippen LogP) is 2.88. The highest BCUT2D eigenvalue weighted by molar-refractivity contribution is 8.00. The van der Waals surface area contributed by atoms with Gasteiger partial charge in [0.15, 0.2) is 16.7 Å². The minimum Gasteiger partial charge on any atom is -0.493 e. The van der Waals surface area contributed by atoms with Gasteiger partial charge in [-0.1, -0.05) is 24.8 Å². The van der Waals surface area contributed by atoms with Gasteiger partial charge in [-0.3, -0.25) is 9.69 Å². The fourth-order valence-electron chi connectivity index (χ4n) is 4.04. The number of rotatable bonds is 5. The molecule has 2 aliphatic heterocycles. The highest BCUT2D eigenvalue weighted by Crippen LogP contribution is 2.43. The minimum absolute atomic E-state index is 0.00879. The Balaban J connectivity index is 1.73. The highest BCUT2D eigenvalue weighted by atomic mass is 32.2. The van der Waals surface area contributed by atoms with Crippen LogP contribution in [0.15, 0.2) is 29.7 Å². The van der Waals surface area contributed by atoms with E-state index in [0.717, 1.165) is 25.1 Å². The third-order valence-corrected chi connectivity index (χ3v) is 6.52. The number of piperidine rings is 1. The van der Waals surface area contributed by atoms with Crippen molar-refractivity contribution in [3.63, 3.8) is 0 Å². The summed E-state index contributed by atoms with van der Waals surface area (Å²) in [7, 11) is 3.26. The average Bonchev–Trinajstić information content (AvgIpc) is 3.25. The number of thioether (sulfide) groups is 1. The molecule has 0 amide bonds. The molecule has 0 N–H and O–H groups in total. The molecule has 144 valence electrons. The zero-order chi connectivity index (χ0) is 19.0. The molecule has 1 aromatic carbocycles. The number of aromatic nitrogens is 3. The van der Waals surface area contributed by atoms with Crippen LogP contribution in [0.25, 0.3) is 0 Å². The van der Waals surface area contributed by atoms with E-state index >= 15 is 0 Å². The molecule has 0 radical (unpaired) electrons. The molecule has 4 rings (SSSR count). The van der Waals surface area contributed by atoms with E-state index in [-0.39, 0.29) is 17.2 Å². The second kappa shape index (κ2) is 7.52. The number of hydrogen-bond donors (Lipinski definition) is 0. The molecule has 8 heteroatoms. The summed E-state index contributed by atoms with van der Waals surface area (Å²) in [5.74, 6) is 1.96. The van der Waals surface area contributed by atoms with Gasteiger partial charge in [0.05, 0.1) is 20.3 Å². The van der Waals surface area contributed by atoms with Crippen LogP contribution in [0.3, 0.4) is 0 Å². The van der Waals surface area contributed by atoms with Gasteiger partial charge in [0.1, 0.15) is 11.6 Å². The fourth-order valence-corrected chi connectivity index (χ4v) is 5.27. The summed E-state index contributed by atoms with van der Waals surface area (Å²) in [5.41, 5.74) is 1.05. The zero-order valence-corrected chi connectivity index (χ0v) is 16.6. The Kier molecular flexibility index (Phi) is 5.10. The van der Waals surface area contributed by atoms with Crippen molar-refractivity contribution in [1.29, 1.82) is 0 Å². The first-order valence-electron chi connectivity index (χ1n) is 9.19. The van der Waals surface area contributed by atoms with Crippen LogP contribution in [0, 0.1) is 5.92 Å². The van der Waals surface area contributed by atoms with E-state index in [1.807, 2.05) is 18.2 Å². The summed E-state index contributed by atoms with van der Waals surface area (Å²) in [6, 6.07) is 5.88. The maximum Gasteiger partial charge on any atom is 0.264 e. The number of nitrogens with zero attached hydrogens (tertiary/aromatic N) is 4. The zero-order valence-electron chi connectivity index (χ0n) is 15.8. The molecule has 1 fully saturated rings. The van der Waals surface area contributed by atoms with Crippen molar-refractivity contribution in [1.82, 2.24) is 19.7 Å². The van der Waals surface area contributed by atoms with Gasteiger partial charge in [0.2, 0.25) is 0 Å². The van der Waals surface area contributed by atoms with Crippen molar-refractivity contribution in [3.05, 3.63) is 30.1 Å². The lowest BCUT2D eigenvalue weighted by molar-refractivity contribution is 0.0787. The molecule has 0 saturated carbocycles. The molecule has 2 aromatic rings. The first-order chi connectivity index (χ1) is 13.1. The molecule has 3 unspecified atom stereocenters. The highest BCUT2D eigenvalue weighted by Gasteiger charge is 2.43. The number of carbonyl (C=O) groups is 1. The molecule has 0 spiro atoms. The molecule has 2 aliphatic rings. The SMILES string of the molecule is COc1ccc(C(C2Sc3ncnn3C2=O)N2CCCC(C)C2)cc1OC. The third-order valence-electron chi connectivity index (χ3n) is 5.32. The molecule has 7 nitrogen and oxygen atoms in total. The number of benzene rings is 1. The van der Waals surface area contributed by atoms with Crippen LogP contribution < -0.4 is 9.47 Å². The summed E-state index contributed by atoms with van der Waals surface area (Å²) in [5, 5.41) is 4.49. The molecule has 3 heterocycles. The molecular formula is C19H24N4O3S. The largest absolute Gasteiger partial charge is 0.493 e. The van der Waals surface area contributed by atoms with Crippen LogP contribution in [-0.2, 0) is 0 Å². The van der Waals surface area contributed by atoms with Crippen molar-refractivity contribution in [2.24, 2.45) is 5.92 Å². The van der Waals surface area contributed by atoms with Gasteiger partial charge < -0.3 is 9.47 Å². The number of fused-ring (bicyclic) bond motifs is 1. The summed E-state index contributed by atoms with van der Waals surface area (Å²) < 4.78 is 12.3. The van der Waals surface area contributed by atoms with Crippen LogP contribution in [0.5, 0.6) is 11.5 Å². The van der Waals surface area contributed by atoms with Gasteiger partial charge in [-0.2, -0.15) is 9.78 Å². The normalized spacial score (nSPS) is 23.9. The lowest BCUT2D eigenvalue weighted by Crippen LogP contribution is -2.43. The third kappa shape index (κ3) is 3.32. The molecule has 27 heavy (non-hydrogen) atoms. The second-order valence-corrected chi connectivity index (χ2v) is 8.24. The van der Waals surface area contributed by atoms with E-state index in [1.165, 1.54) is 29.2 Å². The Morgan fingerprint density at radius 1 is 1.26 bits per heavy atom. The average molecular weight is 388 g/mol. The molecule has 3 atom stereocenters. The van der Waals surface area contributed by atoms with E-state index in [2.05, 4.69) is 21.9 Å². The molecule has 0 bridgehead atoms. The Morgan fingerprint density at radius 2 is 2.07 bits per heavy atom. The first kappa shape index (κ1) is 18.3. The fraction of sp³-hybridized carbons (Fsp3) is 0.526. The van der Waals surface area contributed by atoms with Crippen LogP contribution >= 0.6 is 11.8 Å². The molecule has 1 aromatic heterocycles. The maximum atomic E-state index is 13.0. The summed E-state index contributed by atoms with van der Waals surface area (Å²) >= 11 is 1.50. The topological polar surface area (TPSA) is 69.5 Å². The summed E-state index contributed by atoms with van der Waals surface area (Å²) in [6.07, 6.45) is 3.80. The molecular weight excluding hydrogens is 364 g/mol. The van der Waals surface area contributed by atoms with E-state index in [4.69, 9.17) is 9.47 Å². The molecule has 0 aliphatic carbocycles. The number of methoxy groups -OCH3 is 2. The smallest absolute Gasteiger partial charge is 0.264 e. The predicted molar refractivity (Wildman–Crippen MR) is 103 cm³/mol. The van der Waals surface area contributed by atoms with E-state index in [1.54, 1.807) is 14.2 Å². The van der Waals surface area contributed by atoms with Crippen molar-refractivity contribution in [3.8, 4) is 11.5 Å². The maximum absolute atomic E-state index is 13.0. The quantitative estimate of drug-likeness (QED) is 0.780. The second-order valence-electron chi connectivity index (χ2n) is 7.13. The monoisotopic (exact) mass is 388 g/mol. The van der Waals surface area contributed by atoms with Gasteiger partial charge in [-0.25, -0.2) is 4.98 Å².